The quantitative estimate of drug-likeness (QED) is 0.429. The molecule has 4 nitrogen and oxygen atoms in total. The Bertz CT molecular complexity index is 754. The molecule has 0 aliphatic rings. The predicted octanol–water partition coefficient (Wildman–Crippen LogP) is 3.62. The Morgan fingerprint density at radius 3 is 3.00 bits per heavy atom. The third-order valence-electron chi connectivity index (χ3n) is 3.06. The number of nitrogens with one attached hydrogen (secondary N) is 1. The smallest absolute Gasteiger partial charge is 0.166 e. The summed E-state index contributed by atoms with van der Waals surface area (Å²) in [5.74, 6) is 1.75. The number of hydrogen-bond acceptors (Lipinski definition) is 4. The van der Waals surface area contributed by atoms with E-state index in [9.17, 15) is 0 Å². The molecule has 0 atom stereocenters. The molecule has 0 saturated heterocycles. The van der Waals surface area contributed by atoms with Crippen LogP contribution >= 0.6 is 11.8 Å². The van der Waals surface area contributed by atoms with E-state index in [-0.39, 0.29) is 0 Å². The van der Waals surface area contributed by atoms with E-state index in [1.807, 2.05) is 36.4 Å². The van der Waals surface area contributed by atoms with Gasteiger partial charge in [0.15, 0.2) is 5.16 Å². The maximum absolute atomic E-state index is 5.76. The van der Waals surface area contributed by atoms with Crippen LogP contribution < -0.4 is 10.5 Å². The van der Waals surface area contributed by atoms with Crippen LogP contribution in [0.2, 0.25) is 0 Å². The molecule has 0 bridgehead atoms. The number of rotatable bonds is 5. The maximum Gasteiger partial charge on any atom is 0.166 e. The maximum atomic E-state index is 5.76. The summed E-state index contributed by atoms with van der Waals surface area (Å²) < 4.78 is 5.72. The second kappa shape index (κ2) is 6.10. The Balaban J connectivity index is 1.54. The molecule has 3 N–H and O–H groups in total. The summed E-state index contributed by atoms with van der Waals surface area (Å²) in [4.78, 5) is 7.77. The fourth-order valence-corrected chi connectivity index (χ4v) is 2.78. The first-order valence-corrected chi connectivity index (χ1v) is 7.77. The number of aryl methyl sites for hydroxylation is 1. The van der Waals surface area contributed by atoms with Gasteiger partial charge in [0, 0.05) is 11.4 Å². The lowest BCUT2D eigenvalue weighted by atomic mass is 10.2. The average Bonchev–Trinajstić information content (AvgIpc) is 2.85. The van der Waals surface area contributed by atoms with Crippen LogP contribution in [0.15, 0.2) is 47.6 Å². The van der Waals surface area contributed by atoms with E-state index < -0.39 is 0 Å². The van der Waals surface area contributed by atoms with E-state index in [1.165, 1.54) is 5.56 Å². The van der Waals surface area contributed by atoms with Crippen LogP contribution in [-0.4, -0.2) is 22.3 Å². The zero-order valence-electron chi connectivity index (χ0n) is 11.8. The van der Waals surface area contributed by atoms with Gasteiger partial charge in [-0.1, -0.05) is 23.9 Å². The van der Waals surface area contributed by atoms with Crippen molar-refractivity contribution in [3.63, 3.8) is 0 Å². The van der Waals surface area contributed by atoms with Crippen molar-refractivity contribution in [2.45, 2.75) is 12.1 Å². The SMILES string of the molecule is Cc1cccc(OCCSc2nc3ccc(N)cc3[nH]2)c1. The molecule has 0 spiro atoms. The lowest BCUT2D eigenvalue weighted by molar-refractivity contribution is 0.343. The number of nitrogen functional groups attached to an aromatic ring is 1. The fraction of sp³-hybridized carbons (Fsp3) is 0.188. The van der Waals surface area contributed by atoms with Gasteiger partial charge in [-0.05, 0) is 42.8 Å². The number of imidazole rings is 1. The molecule has 0 saturated carbocycles. The molecule has 2 aromatic carbocycles. The molecular formula is C16H17N3OS. The Morgan fingerprint density at radius 1 is 1.24 bits per heavy atom. The molecule has 21 heavy (non-hydrogen) atoms. The third kappa shape index (κ3) is 3.49. The number of ether oxygens (including phenoxy) is 1. The van der Waals surface area contributed by atoms with Gasteiger partial charge in [0.2, 0.25) is 0 Å². The second-order valence-corrected chi connectivity index (χ2v) is 5.92. The van der Waals surface area contributed by atoms with Gasteiger partial charge in [0.1, 0.15) is 5.75 Å². The summed E-state index contributed by atoms with van der Waals surface area (Å²) in [7, 11) is 0. The van der Waals surface area contributed by atoms with Crippen LogP contribution in [0.5, 0.6) is 5.75 Å². The summed E-state index contributed by atoms with van der Waals surface area (Å²) in [5.41, 5.74) is 9.61. The molecule has 3 rings (SSSR count). The van der Waals surface area contributed by atoms with Crippen LogP contribution in [0.1, 0.15) is 5.56 Å². The molecule has 0 fully saturated rings. The number of nitrogens with zero attached hydrogens (tertiary/aromatic N) is 1. The molecule has 0 aliphatic carbocycles. The first-order valence-electron chi connectivity index (χ1n) is 6.78. The van der Waals surface area contributed by atoms with Crippen molar-refractivity contribution in [2.75, 3.05) is 18.1 Å². The lowest BCUT2D eigenvalue weighted by Crippen LogP contribution is -2.00. The molecule has 5 heteroatoms. The highest BCUT2D eigenvalue weighted by Crippen LogP contribution is 2.21. The monoisotopic (exact) mass is 299 g/mol. The van der Waals surface area contributed by atoms with Gasteiger partial charge in [-0.15, -0.1) is 0 Å². The van der Waals surface area contributed by atoms with Crippen molar-refractivity contribution < 1.29 is 4.74 Å². The van der Waals surface area contributed by atoms with Gasteiger partial charge >= 0.3 is 0 Å². The van der Waals surface area contributed by atoms with E-state index in [0.29, 0.717) is 6.61 Å². The summed E-state index contributed by atoms with van der Waals surface area (Å²) >= 11 is 1.64. The summed E-state index contributed by atoms with van der Waals surface area (Å²) in [6.45, 7) is 2.70. The van der Waals surface area contributed by atoms with E-state index >= 15 is 0 Å². The van der Waals surface area contributed by atoms with Crippen LogP contribution in [0, 0.1) is 6.92 Å². The molecule has 3 aromatic rings. The summed E-state index contributed by atoms with van der Waals surface area (Å²) in [5, 5.41) is 0.892. The minimum atomic E-state index is 0.646. The van der Waals surface area contributed by atoms with Gasteiger partial charge in [-0.3, -0.25) is 0 Å². The lowest BCUT2D eigenvalue weighted by Gasteiger charge is -2.05. The molecule has 1 aromatic heterocycles. The number of aromatic nitrogens is 2. The minimum Gasteiger partial charge on any atom is -0.493 e. The Labute approximate surface area is 127 Å². The zero-order chi connectivity index (χ0) is 14.7. The Kier molecular flexibility index (Phi) is 4.01. The third-order valence-corrected chi connectivity index (χ3v) is 3.90. The number of anilines is 1. The van der Waals surface area contributed by atoms with Gasteiger partial charge in [0.25, 0.3) is 0 Å². The molecule has 1 heterocycles. The first-order chi connectivity index (χ1) is 10.2. The molecule has 0 unspecified atom stereocenters. The summed E-state index contributed by atoms with van der Waals surface area (Å²) in [6, 6.07) is 13.8. The van der Waals surface area contributed by atoms with Crippen LogP contribution in [-0.2, 0) is 0 Å². The molecule has 0 amide bonds. The summed E-state index contributed by atoms with van der Waals surface area (Å²) in [6.07, 6.45) is 0. The van der Waals surface area contributed by atoms with Gasteiger partial charge in [-0.2, -0.15) is 0 Å². The number of thioether (sulfide) groups is 1. The first kappa shape index (κ1) is 13.8. The van der Waals surface area contributed by atoms with Gasteiger partial charge < -0.3 is 15.5 Å². The van der Waals surface area contributed by atoms with E-state index in [4.69, 9.17) is 10.5 Å². The van der Waals surface area contributed by atoms with E-state index in [1.54, 1.807) is 11.8 Å². The highest BCUT2D eigenvalue weighted by atomic mass is 32.2. The van der Waals surface area contributed by atoms with Crippen molar-refractivity contribution in [1.29, 1.82) is 0 Å². The van der Waals surface area contributed by atoms with Gasteiger partial charge in [0.05, 0.1) is 17.6 Å². The minimum absolute atomic E-state index is 0.646. The highest BCUT2D eigenvalue weighted by molar-refractivity contribution is 7.99. The average molecular weight is 299 g/mol. The number of fused-ring (bicyclic) bond motifs is 1. The topological polar surface area (TPSA) is 63.9 Å². The highest BCUT2D eigenvalue weighted by Gasteiger charge is 2.03. The van der Waals surface area contributed by atoms with Crippen molar-refractivity contribution >= 4 is 28.5 Å². The molecule has 0 radical (unpaired) electrons. The normalized spacial score (nSPS) is 10.9. The van der Waals surface area contributed by atoms with E-state index in [0.717, 1.165) is 33.4 Å². The number of nitrogens with two attached hydrogens (primary N) is 1. The number of aromatic amines is 1. The molecular weight excluding hydrogens is 282 g/mol. The van der Waals surface area contributed by atoms with Crippen LogP contribution in [0.3, 0.4) is 0 Å². The van der Waals surface area contributed by atoms with Crippen LogP contribution in [0.4, 0.5) is 5.69 Å². The van der Waals surface area contributed by atoms with E-state index in [2.05, 4.69) is 23.0 Å². The Morgan fingerprint density at radius 2 is 2.14 bits per heavy atom. The molecule has 108 valence electrons. The van der Waals surface area contributed by atoms with Crippen molar-refractivity contribution in [3.05, 3.63) is 48.0 Å². The number of benzene rings is 2. The zero-order valence-corrected chi connectivity index (χ0v) is 12.6. The number of hydrogen-bond donors (Lipinski definition) is 2. The standard InChI is InChI=1S/C16H17N3OS/c1-11-3-2-4-13(9-11)20-7-8-21-16-18-14-6-5-12(17)10-15(14)19-16/h2-6,9-10H,7-8,17H2,1H3,(H,18,19). The number of H-pyrrole nitrogens is 1. The fourth-order valence-electron chi connectivity index (χ4n) is 2.08. The van der Waals surface area contributed by atoms with Gasteiger partial charge in [-0.25, -0.2) is 4.98 Å². The van der Waals surface area contributed by atoms with Crippen molar-refractivity contribution in [3.8, 4) is 5.75 Å². The van der Waals surface area contributed by atoms with Crippen molar-refractivity contribution in [2.24, 2.45) is 0 Å². The predicted molar refractivity (Wildman–Crippen MR) is 87.9 cm³/mol. The second-order valence-electron chi connectivity index (χ2n) is 4.83. The van der Waals surface area contributed by atoms with Crippen LogP contribution in [0.25, 0.3) is 11.0 Å². The Hall–Kier alpha value is -2.14. The van der Waals surface area contributed by atoms with Crippen molar-refractivity contribution in [1.82, 2.24) is 9.97 Å². The molecule has 0 aliphatic heterocycles. The largest absolute Gasteiger partial charge is 0.493 e.